The van der Waals surface area contributed by atoms with Gasteiger partial charge in [-0.2, -0.15) is 0 Å². The molecule has 0 saturated carbocycles. The summed E-state index contributed by atoms with van der Waals surface area (Å²) in [6.07, 6.45) is 0.681. The maximum absolute atomic E-state index is 13.3. The lowest BCUT2D eigenvalue weighted by molar-refractivity contribution is -0.140. The zero-order valence-corrected chi connectivity index (χ0v) is 21.6. The third-order valence-corrected chi connectivity index (χ3v) is 6.68. The molecule has 2 fully saturated rings. The number of methoxy groups -OCH3 is 2. The summed E-state index contributed by atoms with van der Waals surface area (Å²) in [6.45, 7) is 6.56. The van der Waals surface area contributed by atoms with Crippen LogP contribution >= 0.6 is 0 Å². The molecule has 0 spiro atoms. The van der Waals surface area contributed by atoms with Crippen LogP contribution in [0, 0.1) is 0 Å². The molecule has 198 valence electrons. The number of aliphatic hydroxyl groups is 1. The molecule has 1 atom stereocenters. The number of carbonyl (C=O) groups excluding carboxylic acids is 2. The number of Topliss-reactive ketones (excluding diaryl/α,β-unsaturated/α-hetero) is 1. The Morgan fingerprint density at radius 2 is 1.73 bits per heavy atom. The number of likely N-dealkylation sites (tertiary alicyclic amines) is 1. The summed E-state index contributed by atoms with van der Waals surface area (Å²) < 4.78 is 21.8. The van der Waals surface area contributed by atoms with Crippen LogP contribution in [0.2, 0.25) is 0 Å². The first-order chi connectivity index (χ1) is 18.0. The number of rotatable bonds is 10. The van der Waals surface area contributed by atoms with Gasteiger partial charge in [-0.05, 0) is 55.3 Å². The van der Waals surface area contributed by atoms with Crippen LogP contribution in [-0.4, -0.2) is 86.8 Å². The Morgan fingerprint density at radius 1 is 1.00 bits per heavy atom. The fourth-order valence-electron chi connectivity index (χ4n) is 4.78. The van der Waals surface area contributed by atoms with E-state index < -0.39 is 17.7 Å². The zero-order valence-electron chi connectivity index (χ0n) is 21.6. The van der Waals surface area contributed by atoms with Gasteiger partial charge in [-0.25, -0.2) is 0 Å². The lowest BCUT2D eigenvalue weighted by Crippen LogP contribution is -2.39. The molecule has 2 saturated heterocycles. The van der Waals surface area contributed by atoms with Gasteiger partial charge in [-0.1, -0.05) is 6.07 Å². The first-order valence-electron chi connectivity index (χ1n) is 12.5. The molecule has 0 radical (unpaired) electrons. The number of amides is 1. The standard InChI is InChI=1S/C28H34N2O7/c1-4-37-22-11-8-20(18-23(22)35-3)25-24(26(31)19-6-9-21(34-2)10-7-19)27(32)28(33)30(25)13-5-12-29-14-16-36-17-15-29/h6-11,18,25,31H,4-5,12-17H2,1-3H3/b26-24+/t25-/m1/s1. The largest absolute Gasteiger partial charge is 0.507 e. The van der Waals surface area contributed by atoms with E-state index in [1.54, 1.807) is 54.5 Å². The second-order valence-corrected chi connectivity index (χ2v) is 8.87. The molecule has 4 rings (SSSR count). The molecular formula is C28H34N2O7. The SMILES string of the molecule is CCOc1ccc([C@@H]2/C(=C(\O)c3ccc(OC)cc3)C(=O)C(=O)N2CCCN2CCOCC2)cc1OC. The van der Waals surface area contributed by atoms with E-state index in [-0.39, 0.29) is 11.3 Å². The molecule has 2 heterocycles. The fraction of sp³-hybridized carbons (Fsp3) is 0.429. The van der Waals surface area contributed by atoms with E-state index >= 15 is 0 Å². The van der Waals surface area contributed by atoms with Crippen molar-refractivity contribution >= 4 is 17.4 Å². The summed E-state index contributed by atoms with van der Waals surface area (Å²) in [4.78, 5) is 30.4. The number of hydrogen-bond donors (Lipinski definition) is 1. The average Bonchev–Trinajstić information content (AvgIpc) is 3.18. The first kappa shape index (κ1) is 26.5. The van der Waals surface area contributed by atoms with E-state index in [0.717, 1.165) is 19.6 Å². The van der Waals surface area contributed by atoms with Gasteiger partial charge in [0, 0.05) is 31.7 Å². The number of aliphatic hydroxyl groups excluding tert-OH is 1. The van der Waals surface area contributed by atoms with E-state index in [9.17, 15) is 14.7 Å². The van der Waals surface area contributed by atoms with Gasteiger partial charge in [0.05, 0.1) is 45.7 Å². The monoisotopic (exact) mass is 510 g/mol. The summed E-state index contributed by atoms with van der Waals surface area (Å²) in [6, 6.07) is 11.3. The maximum Gasteiger partial charge on any atom is 0.295 e. The zero-order chi connectivity index (χ0) is 26.4. The van der Waals surface area contributed by atoms with E-state index in [1.807, 2.05) is 6.92 Å². The Balaban J connectivity index is 1.71. The van der Waals surface area contributed by atoms with Gasteiger partial charge in [0.2, 0.25) is 0 Å². The van der Waals surface area contributed by atoms with Crippen molar-refractivity contribution in [2.24, 2.45) is 0 Å². The van der Waals surface area contributed by atoms with Crippen molar-refractivity contribution in [2.45, 2.75) is 19.4 Å². The number of carbonyl (C=O) groups is 2. The topological polar surface area (TPSA) is 97.8 Å². The molecule has 0 aromatic heterocycles. The molecule has 1 N–H and O–H groups in total. The minimum absolute atomic E-state index is 0.0488. The number of ether oxygens (including phenoxy) is 4. The highest BCUT2D eigenvalue weighted by atomic mass is 16.5. The predicted octanol–water partition coefficient (Wildman–Crippen LogP) is 3.25. The van der Waals surface area contributed by atoms with Crippen molar-refractivity contribution in [1.29, 1.82) is 0 Å². The number of morpholine rings is 1. The van der Waals surface area contributed by atoms with E-state index in [4.69, 9.17) is 18.9 Å². The van der Waals surface area contributed by atoms with Crippen molar-refractivity contribution in [2.75, 3.05) is 60.2 Å². The molecule has 2 aliphatic rings. The smallest absolute Gasteiger partial charge is 0.295 e. The predicted molar refractivity (Wildman–Crippen MR) is 138 cm³/mol. The molecule has 0 bridgehead atoms. The Bertz CT molecular complexity index is 1140. The third kappa shape index (κ3) is 5.73. The Labute approximate surface area is 217 Å². The number of benzene rings is 2. The molecular weight excluding hydrogens is 476 g/mol. The lowest BCUT2D eigenvalue weighted by Gasteiger charge is -2.29. The Morgan fingerprint density at radius 3 is 2.38 bits per heavy atom. The maximum atomic E-state index is 13.3. The quantitative estimate of drug-likeness (QED) is 0.296. The van der Waals surface area contributed by atoms with Gasteiger partial charge < -0.3 is 29.0 Å². The van der Waals surface area contributed by atoms with Gasteiger partial charge in [0.25, 0.3) is 11.7 Å². The molecule has 2 aromatic carbocycles. The van der Waals surface area contributed by atoms with Gasteiger partial charge >= 0.3 is 0 Å². The fourth-order valence-corrected chi connectivity index (χ4v) is 4.78. The second kappa shape index (κ2) is 12.1. The Kier molecular flexibility index (Phi) is 8.68. The van der Waals surface area contributed by atoms with Crippen LogP contribution in [0.4, 0.5) is 0 Å². The molecule has 2 aliphatic heterocycles. The molecule has 9 nitrogen and oxygen atoms in total. The van der Waals surface area contributed by atoms with Crippen molar-refractivity contribution in [1.82, 2.24) is 9.80 Å². The minimum atomic E-state index is -0.767. The van der Waals surface area contributed by atoms with Crippen molar-refractivity contribution < 1.29 is 33.6 Å². The van der Waals surface area contributed by atoms with E-state index in [1.165, 1.54) is 7.11 Å². The summed E-state index contributed by atoms with van der Waals surface area (Å²) in [5, 5.41) is 11.3. The molecule has 0 unspecified atom stereocenters. The van der Waals surface area contributed by atoms with Crippen LogP contribution in [0.5, 0.6) is 17.2 Å². The van der Waals surface area contributed by atoms with Crippen molar-refractivity contribution in [3.63, 3.8) is 0 Å². The minimum Gasteiger partial charge on any atom is -0.507 e. The lowest BCUT2D eigenvalue weighted by atomic mass is 9.95. The highest BCUT2D eigenvalue weighted by Gasteiger charge is 2.46. The van der Waals surface area contributed by atoms with E-state index in [2.05, 4.69) is 4.90 Å². The molecule has 9 heteroatoms. The van der Waals surface area contributed by atoms with Gasteiger partial charge in [-0.15, -0.1) is 0 Å². The van der Waals surface area contributed by atoms with Crippen LogP contribution in [0.3, 0.4) is 0 Å². The molecule has 0 aliphatic carbocycles. The van der Waals surface area contributed by atoms with Gasteiger partial charge in [-0.3, -0.25) is 14.5 Å². The first-order valence-corrected chi connectivity index (χ1v) is 12.5. The molecule has 1 amide bonds. The van der Waals surface area contributed by atoms with Crippen LogP contribution in [-0.2, 0) is 14.3 Å². The van der Waals surface area contributed by atoms with E-state index in [0.29, 0.717) is 61.2 Å². The Hall–Kier alpha value is -3.56. The summed E-state index contributed by atoms with van der Waals surface area (Å²) >= 11 is 0. The van der Waals surface area contributed by atoms with Gasteiger partial charge in [0.15, 0.2) is 11.5 Å². The highest BCUT2D eigenvalue weighted by molar-refractivity contribution is 6.46. The van der Waals surface area contributed by atoms with Gasteiger partial charge in [0.1, 0.15) is 11.5 Å². The average molecular weight is 511 g/mol. The van der Waals surface area contributed by atoms with Crippen LogP contribution in [0.15, 0.2) is 48.0 Å². The third-order valence-electron chi connectivity index (χ3n) is 6.68. The van der Waals surface area contributed by atoms with Crippen LogP contribution in [0.25, 0.3) is 5.76 Å². The number of ketones is 1. The normalized spacial score (nSPS) is 19.8. The summed E-state index contributed by atoms with van der Waals surface area (Å²) in [5.41, 5.74) is 1.13. The summed E-state index contributed by atoms with van der Waals surface area (Å²) in [7, 11) is 3.09. The molecule has 2 aromatic rings. The van der Waals surface area contributed by atoms with Crippen molar-refractivity contribution in [3.8, 4) is 17.2 Å². The van der Waals surface area contributed by atoms with Crippen LogP contribution in [0.1, 0.15) is 30.5 Å². The van der Waals surface area contributed by atoms with Crippen molar-refractivity contribution in [3.05, 3.63) is 59.2 Å². The summed E-state index contributed by atoms with van der Waals surface area (Å²) in [5.74, 6) is 0.103. The second-order valence-electron chi connectivity index (χ2n) is 8.87. The number of nitrogens with zero attached hydrogens (tertiary/aromatic N) is 2. The number of hydrogen-bond acceptors (Lipinski definition) is 8. The molecule has 37 heavy (non-hydrogen) atoms. The highest BCUT2D eigenvalue weighted by Crippen LogP contribution is 2.42. The van der Waals surface area contributed by atoms with Crippen LogP contribution < -0.4 is 14.2 Å².